The summed E-state index contributed by atoms with van der Waals surface area (Å²) in [6.45, 7) is 1.93. The lowest BCUT2D eigenvalue weighted by Crippen LogP contribution is -2.44. The van der Waals surface area contributed by atoms with Gasteiger partial charge in [0.15, 0.2) is 5.82 Å². The normalized spacial score (nSPS) is 15.9. The van der Waals surface area contributed by atoms with Crippen LogP contribution in [0.1, 0.15) is 12.8 Å². The summed E-state index contributed by atoms with van der Waals surface area (Å²) in [4.78, 5) is 43.7. The van der Waals surface area contributed by atoms with E-state index in [-0.39, 0.29) is 23.9 Å². The molecular weight excluding hydrogens is 438 g/mol. The highest BCUT2D eigenvalue weighted by molar-refractivity contribution is 5.79. The Kier molecular flexibility index (Phi) is 6.05. The predicted octanol–water partition coefficient (Wildman–Crippen LogP) is -0.167. The minimum atomic E-state index is -0.251. The summed E-state index contributed by atoms with van der Waals surface area (Å²) in [6, 6.07) is 4.89. The first-order valence-corrected chi connectivity index (χ1v) is 10.9. The quantitative estimate of drug-likeness (QED) is 0.397. The van der Waals surface area contributed by atoms with Crippen molar-refractivity contribution in [2.75, 3.05) is 24.5 Å². The fourth-order valence-electron chi connectivity index (χ4n) is 3.92. The fraction of sp³-hybridized carbons (Fsp3) is 0.333. The molecule has 174 valence electrons. The van der Waals surface area contributed by atoms with Gasteiger partial charge in [0, 0.05) is 44.2 Å². The molecule has 1 N–H and O–H groups in total. The Morgan fingerprint density at radius 1 is 1.09 bits per heavy atom. The van der Waals surface area contributed by atoms with Gasteiger partial charge in [-0.05, 0) is 18.9 Å². The third kappa shape index (κ3) is 4.67. The van der Waals surface area contributed by atoms with Gasteiger partial charge < -0.3 is 10.2 Å². The van der Waals surface area contributed by atoms with Crippen molar-refractivity contribution < 1.29 is 4.79 Å². The smallest absolute Gasteiger partial charge is 0.266 e. The van der Waals surface area contributed by atoms with Crippen LogP contribution in [0.3, 0.4) is 0 Å². The van der Waals surface area contributed by atoms with Gasteiger partial charge in [-0.1, -0.05) is 0 Å². The summed E-state index contributed by atoms with van der Waals surface area (Å²) < 4.78 is 4.59. The van der Waals surface area contributed by atoms with Gasteiger partial charge >= 0.3 is 0 Å². The monoisotopic (exact) mass is 461 g/mol. The molecule has 0 bridgehead atoms. The van der Waals surface area contributed by atoms with E-state index in [9.17, 15) is 9.59 Å². The van der Waals surface area contributed by atoms with Crippen LogP contribution in [0.25, 0.3) is 11.6 Å². The van der Waals surface area contributed by atoms with E-state index in [1.807, 2.05) is 16.8 Å². The maximum Gasteiger partial charge on any atom is 0.266 e. The molecule has 4 aromatic heterocycles. The van der Waals surface area contributed by atoms with Gasteiger partial charge in [-0.3, -0.25) is 14.2 Å². The number of anilines is 1. The van der Waals surface area contributed by atoms with Crippen LogP contribution in [0.2, 0.25) is 0 Å². The molecule has 1 saturated heterocycles. The SMILES string of the molecule is O=C(NCCn1nc(-n2cncn2)ccc1=O)C1CCCN(c2cc(-n3ccnc3)ncn2)C1. The lowest BCUT2D eigenvalue weighted by molar-refractivity contribution is -0.125. The van der Waals surface area contributed by atoms with Crippen molar-refractivity contribution in [1.82, 2.24) is 49.4 Å². The molecule has 1 aliphatic heterocycles. The summed E-state index contributed by atoms with van der Waals surface area (Å²) in [5.41, 5.74) is -0.251. The van der Waals surface area contributed by atoms with Gasteiger partial charge in [0.2, 0.25) is 5.91 Å². The van der Waals surface area contributed by atoms with Crippen molar-refractivity contribution in [3.63, 3.8) is 0 Å². The maximum absolute atomic E-state index is 12.8. The zero-order valence-corrected chi connectivity index (χ0v) is 18.3. The molecule has 13 nitrogen and oxygen atoms in total. The summed E-state index contributed by atoms with van der Waals surface area (Å²) in [5.74, 6) is 1.75. The highest BCUT2D eigenvalue weighted by Gasteiger charge is 2.26. The van der Waals surface area contributed by atoms with Crippen LogP contribution in [0.4, 0.5) is 5.82 Å². The Labute approximate surface area is 194 Å². The lowest BCUT2D eigenvalue weighted by atomic mass is 9.97. The molecule has 1 unspecified atom stereocenters. The van der Waals surface area contributed by atoms with E-state index in [1.54, 1.807) is 18.6 Å². The number of hydrogen-bond donors (Lipinski definition) is 1. The van der Waals surface area contributed by atoms with Gasteiger partial charge in [-0.2, -0.15) is 5.10 Å². The number of carbonyl (C=O) groups is 1. The van der Waals surface area contributed by atoms with Crippen LogP contribution < -0.4 is 15.8 Å². The van der Waals surface area contributed by atoms with E-state index < -0.39 is 0 Å². The molecule has 0 aliphatic carbocycles. The van der Waals surface area contributed by atoms with E-state index >= 15 is 0 Å². The maximum atomic E-state index is 12.8. The molecule has 5 rings (SSSR count). The molecule has 34 heavy (non-hydrogen) atoms. The average molecular weight is 461 g/mol. The van der Waals surface area contributed by atoms with Gasteiger partial charge in [-0.15, -0.1) is 5.10 Å². The van der Waals surface area contributed by atoms with Crippen molar-refractivity contribution in [1.29, 1.82) is 0 Å². The highest BCUT2D eigenvalue weighted by Crippen LogP contribution is 2.22. The van der Waals surface area contributed by atoms with E-state index in [2.05, 4.69) is 40.3 Å². The molecule has 1 atom stereocenters. The lowest BCUT2D eigenvalue weighted by Gasteiger charge is -2.32. The number of rotatable bonds is 7. The van der Waals surface area contributed by atoms with Crippen LogP contribution in [-0.4, -0.2) is 69.6 Å². The van der Waals surface area contributed by atoms with Crippen LogP contribution in [-0.2, 0) is 11.3 Å². The summed E-state index contributed by atoms with van der Waals surface area (Å²) in [5, 5.41) is 11.3. The second-order valence-electron chi connectivity index (χ2n) is 7.87. The van der Waals surface area contributed by atoms with Gasteiger partial charge in [0.25, 0.3) is 5.56 Å². The van der Waals surface area contributed by atoms with Crippen LogP contribution in [0.5, 0.6) is 0 Å². The highest BCUT2D eigenvalue weighted by atomic mass is 16.2. The largest absolute Gasteiger partial charge is 0.356 e. The van der Waals surface area contributed by atoms with Gasteiger partial charge in [0.05, 0.1) is 12.5 Å². The van der Waals surface area contributed by atoms with Gasteiger partial charge in [-0.25, -0.2) is 29.3 Å². The first-order valence-electron chi connectivity index (χ1n) is 10.9. The number of amides is 1. The Balaban J connectivity index is 1.19. The molecule has 0 spiro atoms. The standard InChI is InChI=1S/C21H23N11O2/c33-20-4-3-17(32-15-23-12-27-32)28-31(20)9-6-24-21(34)16-2-1-7-29(11-16)18-10-19(26-13-25-18)30-8-5-22-14-30/h3-5,8,10,12-16H,1-2,6-7,9,11H2,(H,24,34). The summed E-state index contributed by atoms with van der Waals surface area (Å²) in [6.07, 6.45) is 11.3. The minimum Gasteiger partial charge on any atom is -0.356 e. The number of aromatic nitrogens is 9. The van der Waals surface area contributed by atoms with Crippen molar-refractivity contribution >= 4 is 11.7 Å². The number of nitrogens with one attached hydrogen (secondary N) is 1. The first-order chi connectivity index (χ1) is 16.7. The van der Waals surface area contributed by atoms with Crippen molar-refractivity contribution in [2.24, 2.45) is 5.92 Å². The Hall–Kier alpha value is -4.42. The van der Waals surface area contributed by atoms with Crippen molar-refractivity contribution in [2.45, 2.75) is 19.4 Å². The second kappa shape index (κ2) is 9.60. The third-order valence-electron chi connectivity index (χ3n) is 5.65. The van der Waals surface area contributed by atoms with Crippen LogP contribution in [0.15, 0.2) is 60.7 Å². The summed E-state index contributed by atoms with van der Waals surface area (Å²) >= 11 is 0. The zero-order valence-electron chi connectivity index (χ0n) is 18.3. The number of hydrogen-bond acceptors (Lipinski definition) is 9. The molecule has 0 saturated carbocycles. The molecule has 1 amide bonds. The molecule has 5 heterocycles. The summed E-state index contributed by atoms with van der Waals surface area (Å²) in [7, 11) is 0. The van der Waals surface area contributed by atoms with E-state index in [0.29, 0.717) is 18.9 Å². The topological polar surface area (TPSA) is 142 Å². The van der Waals surface area contributed by atoms with Crippen molar-refractivity contribution in [3.8, 4) is 11.6 Å². The first kappa shape index (κ1) is 21.4. The molecule has 0 aromatic carbocycles. The Morgan fingerprint density at radius 2 is 2.00 bits per heavy atom. The number of imidazole rings is 1. The Bertz CT molecular complexity index is 1300. The average Bonchev–Trinajstić information content (AvgIpc) is 3.60. The Morgan fingerprint density at radius 3 is 2.82 bits per heavy atom. The van der Waals surface area contributed by atoms with E-state index in [1.165, 1.54) is 34.4 Å². The van der Waals surface area contributed by atoms with Crippen LogP contribution in [0, 0.1) is 5.92 Å². The third-order valence-corrected chi connectivity index (χ3v) is 5.65. The molecule has 1 aliphatic rings. The second-order valence-corrected chi connectivity index (χ2v) is 7.87. The molecular formula is C21H23N11O2. The number of piperidine rings is 1. The van der Waals surface area contributed by atoms with Crippen LogP contribution >= 0.6 is 0 Å². The fourth-order valence-corrected chi connectivity index (χ4v) is 3.92. The molecule has 1 fully saturated rings. The molecule has 4 aromatic rings. The van der Waals surface area contributed by atoms with E-state index in [4.69, 9.17) is 0 Å². The van der Waals surface area contributed by atoms with E-state index in [0.717, 1.165) is 31.0 Å². The number of carbonyl (C=O) groups excluding carboxylic acids is 1. The predicted molar refractivity (Wildman–Crippen MR) is 121 cm³/mol. The zero-order chi connectivity index (χ0) is 23.3. The molecule has 0 radical (unpaired) electrons. The van der Waals surface area contributed by atoms with Gasteiger partial charge in [0.1, 0.15) is 36.9 Å². The van der Waals surface area contributed by atoms with Crippen molar-refractivity contribution in [3.05, 3.63) is 66.3 Å². The molecule has 13 heteroatoms. The number of nitrogens with zero attached hydrogens (tertiary/aromatic N) is 10. The minimum absolute atomic E-state index is 0.0472.